The summed E-state index contributed by atoms with van der Waals surface area (Å²) in [4.78, 5) is 12.8. The minimum atomic E-state index is -0.102. The lowest BCUT2D eigenvalue weighted by Gasteiger charge is -2.19. The van der Waals surface area contributed by atoms with Crippen LogP contribution in [-0.2, 0) is 9.53 Å². The zero-order valence-corrected chi connectivity index (χ0v) is 11.5. The SMILES string of the molecule is COC(=O)CCCCCC(C)(C)/C=C/Br. The van der Waals surface area contributed by atoms with Crippen molar-refractivity contribution in [1.82, 2.24) is 0 Å². The first-order valence-corrected chi connectivity index (χ1v) is 6.28. The van der Waals surface area contributed by atoms with Gasteiger partial charge in [-0.1, -0.05) is 48.7 Å². The third-order valence-electron chi connectivity index (χ3n) is 2.44. The molecular formula is C12H21BrO2. The number of rotatable bonds is 7. The van der Waals surface area contributed by atoms with Crippen LogP contribution in [0.3, 0.4) is 0 Å². The molecule has 0 bridgehead atoms. The zero-order valence-electron chi connectivity index (χ0n) is 9.88. The number of allylic oxidation sites excluding steroid dienone is 1. The molecule has 0 aliphatic carbocycles. The Hall–Kier alpha value is -0.310. The van der Waals surface area contributed by atoms with Crippen LogP contribution >= 0.6 is 15.9 Å². The Morgan fingerprint density at radius 1 is 1.33 bits per heavy atom. The van der Waals surface area contributed by atoms with E-state index in [1.165, 1.54) is 7.11 Å². The highest BCUT2D eigenvalue weighted by Crippen LogP contribution is 2.25. The molecule has 0 radical (unpaired) electrons. The summed E-state index contributed by atoms with van der Waals surface area (Å²) in [5.41, 5.74) is 0.245. The van der Waals surface area contributed by atoms with Gasteiger partial charge < -0.3 is 4.74 Å². The standard InChI is InChI=1S/C12H21BrO2/c1-12(2,9-10-13)8-6-4-5-7-11(14)15-3/h9-10H,4-8H2,1-3H3/b10-9+. The van der Waals surface area contributed by atoms with Crippen LogP contribution in [0.25, 0.3) is 0 Å². The fourth-order valence-electron chi connectivity index (χ4n) is 1.38. The minimum absolute atomic E-state index is 0.102. The molecule has 0 aliphatic heterocycles. The molecule has 0 heterocycles. The summed E-state index contributed by atoms with van der Waals surface area (Å²) in [5.74, 6) is -0.102. The van der Waals surface area contributed by atoms with Crippen LogP contribution in [0.4, 0.5) is 0 Å². The second-order valence-corrected chi connectivity index (χ2v) is 4.95. The van der Waals surface area contributed by atoms with E-state index in [-0.39, 0.29) is 11.4 Å². The van der Waals surface area contributed by atoms with Crippen molar-refractivity contribution in [3.05, 3.63) is 11.1 Å². The molecule has 0 saturated carbocycles. The molecule has 0 atom stereocenters. The first-order chi connectivity index (χ1) is 7.02. The predicted molar refractivity (Wildman–Crippen MR) is 66.9 cm³/mol. The van der Waals surface area contributed by atoms with Gasteiger partial charge in [-0.05, 0) is 23.2 Å². The molecule has 3 heteroatoms. The van der Waals surface area contributed by atoms with E-state index in [9.17, 15) is 4.79 Å². The second-order valence-electron chi connectivity index (χ2n) is 4.42. The minimum Gasteiger partial charge on any atom is -0.469 e. The lowest BCUT2D eigenvalue weighted by Crippen LogP contribution is -2.06. The van der Waals surface area contributed by atoms with Crippen LogP contribution in [0, 0.1) is 5.41 Å². The number of hydrogen-bond acceptors (Lipinski definition) is 2. The molecule has 0 N–H and O–H groups in total. The van der Waals surface area contributed by atoms with E-state index in [0.29, 0.717) is 6.42 Å². The highest BCUT2D eigenvalue weighted by molar-refractivity contribution is 9.11. The lowest BCUT2D eigenvalue weighted by molar-refractivity contribution is -0.140. The zero-order chi connectivity index (χ0) is 11.7. The monoisotopic (exact) mass is 276 g/mol. The van der Waals surface area contributed by atoms with Crippen molar-refractivity contribution in [1.29, 1.82) is 0 Å². The van der Waals surface area contributed by atoms with E-state index < -0.39 is 0 Å². The van der Waals surface area contributed by atoms with Crippen LogP contribution in [0.2, 0.25) is 0 Å². The molecular weight excluding hydrogens is 256 g/mol. The van der Waals surface area contributed by atoms with Gasteiger partial charge >= 0.3 is 5.97 Å². The molecule has 0 aromatic heterocycles. The van der Waals surface area contributed by atoms with Crippen molar-refractivity contribution in [2.45, 2.75) is 46.0 Å². The molecule has 0 aliphatic rings. The largest absolute Gasteiger partial charge is 0.469 e. The van der Waals surface area contributed by atoms with Crippen molar-refractivity contribution < 1.29 is 9.53 Å². The third kappa shape index (κ3) is 8.67. The Labute approximate surface area is 101 Å². The molecule has 15 heavy (non-hydrogen) atoms. The first-order valence-electron chi connectivity index (χ1n) is 5.36. The van der Waals surface area contributed by atoms with Crippen LogP contribution in [0.5, 0.6) is 0 Å². The molecule has 0 fully saturated rings. The maximum Gasteiger partial charge on any atom is 0.305 e. The van der Waals surface area contributed by atoms with Crippen molar-refractivity contribution in [3.63, 3.8) is 0 Å². The van der Waals surface area contributed by atoms with Crippen LogP contribution < -0.4 is 0 Å². The number of halogens is 1. The van der Waals surface area contributed by atoms with E-state index in [2.05, 4.69) is 40.6 Å². The number of carbonyl (C=O) groups excluding carboxylic acids is 1. The lowest BCUT2D eigenvalue weighted by atomic mass is 9.87. The van der Waals surface area contributed by atoms with Gasteiger partial charge in [0.2, 0.25) is 0 Å². The first kappa shape index (κ1) is 14.7. The molecule has 0 aromatic rings. The summed E-state index contributed by atoms with van der Waals surface area (Å²) in [5, 5.41) is 0. The summed E-state index contributed by atoms with van der Waals surface area (Å²) in [6.45, 7) is 4.43. The van der Waals surface area contributed by atoms with Crippen LogP contribution in [-0.4, -0.2) is 13.1 Å². The Morgan fingerprint density at radius 2 is 2.00 bits per heavy atom. The smallest absolute Gasteiger partial charge is 0.305 e. The number of ether oxygens (including phenoxy) is 1. The molecule has 0 aromatic carbocycles. The highest BCUT2D eigenvalue weighted by atomic mass is 79.9. The third-order valence-corrected chi connectivity index (χ3v) is 2.71. The summed E-state index contributed by atoms with van der Waals surface area (Å²) in [6, 6.07) is 0. The molecule has 0 amide bonds. The average molecular weight is 277 g/mol. The average Bonchev–Trinajstić information content (AvgIpc) is 2.16. The van der Waals surface area contributed by atoms with E-state index in [4.69, 9.17) is 0 Å². The van der Waals surface area contributed by atoms with Gasteiger partial charge in [-0.2, -0.15) is 0 Å². The quantitative estimate of drug-likeness (QED) is 0.518. The number of methoxy groups -OCH3 is 1. The Bertz CT molecular complexity index is 210. The fraction of sp³-hybridized carbons (Fsp3) is 0.750. The van der Waals surface area contributed by atoms with Crippen molar-refractivity contribution in [3.8, 4) is 0 Å². The fourth-order valence-corrected chi connectivity index (χ4v) is 2.10. The Balaban J connectivity index is 3.50. The molecule has 2 nitrogen and oxygen atoms in total. The van der Waals surface area contributed by atoms with Gasteiger partial charge in [-0.15, -0.1) is 0 Å². The number of carbonyl (C=O) groups is 1. The van der Waals surface area contributed by atoms with Gasteiger partial charge in [0.15, 0.2) is 0 Å². The topological polar surface area (TPSA) is 26.3 Å². The molecule has 0 saturated heterocycles. The Morgan fingerprint density at radius 3 is 2.53 bits per heavy atom. The summed E-state index contributed by atoms with van der Waals surface area (Å²) >= 11 is 3.29. The second kappa shape index (κ2) is 7.91. The van der Waals surface area contributed by atoms with Crippen LogP contribution in [0.1, 0.15) is 46.0 Å². The summed E-state index contributed by atoms with van der Waals surface area (Å²) in [7, 11) is 1.44. The number of hydrogen-bond donors (Lipinski definition) is 0. The maximum absolute atomic E-state index is 10.8. The molecule has 88 valence electrons. The van der Waals surface area contributed by atoms with E-state index >= 15 is 0 Å². The van der Waals surface area contributed by atoms with E-state index in [1.807, 2.05) is 4.99 Å². The summed E-state index contributed by atoms with van der Waals surface area (Å²) in [6.07, 6.45) is 7.03. The predicted octanol–water partition coefficient (Wildman–Crippen LogP) is 4.04. The van der Waals surface area contributed by atoms with Crippen molar-refractivity contribution in [2.75, 3.05) is 7.11 Å². The molecule has 0 unspecified atom stereocenters. The summed E-state index contributed by atoms with van der Waals surface area (Å²) < 4.78 is 4.58. The van der Waals surface area contributed by atoms with Gasteiger partial charge in [0.1, 0.15) is 0 Å². The van der Waals surface area contributed by atoms with E-state index in [1.54, 1.807) is 0 Å². The number of unbranched alkanes of at least 4 members (excludes halogenated alkanes) is 2. The van der Waals surface area contributed by atoms with Gasteiger partial charge in [-0.25, -0.2) is 0 Å². The Kier molecular flexibility index (Phi) is 7.75. The van der Waals surface area contributed by atoms with Gasteiger partial charge in [0.05, 0.1) is 7.11 Å². The van der Waals surface area contributed by atoms with Gasteiger partial charge in [-0.3, -0.25) is 4.79 Å². The van der Waals surface area contributed by atoms with E-state index in [0.717, 1.165) is 25.7 Å². The van der Waals surface area contributed by atoms with Crippen LogP contribution in [0.15, 0.2) is 11.1 Å². The van der Waals surface area contributed by atoms with Gasteiger partial charge in [0.25, 0.3) is 0 Å². The molecule has 0 rings (SSSR count). The maximum atomic E-state index is 10.8. The normalized spacial score (nSPS) is 12.0. The van der Waals surface area contributed by atoms with Crippen molar-refractivity contribution >= 4 is 21.9 Å². The van der Waals surface area contributed by atoms with Crippen molar-refractivity contribution in [2.24, 2.45) is 5.41 Å². The number of esters is 1. The highest BCUT2D eigenvalue weighted by Gasteiger charge is 2.12. The molecule has 0 spiro atoms. The van der Waals surface area contributed by atoms with Gasteiger partial charge in [0, 0.05) is 6.42 Å².